The summed E-state index contributed by atoms with van der Waals surface area (Å²) in [5, 5.41) is 5.60. The van der Waals surface area contributed by atoms with E-state index in [9.17, 15) is 4.79 Å². The summed E-state index contributed by atoms with van der Waals surface area (Å²) in [4.78, 5) is 14.9. The number of carbonyl (C=O) groups is 1. The molecule has 0 aromatic carbocycles. The van der Waals surface area contributed by atoms with Gasteiger partial charge in [0, 0.05) is 18.0 Å². The Morgan fingerprint density at radius 1 is 1.53 bits per heavy atom. The van der Waals surface area contributed by atoms with Crippen molar-refractivity contribution in [2.45, 2.75) is 13.8 Å². The van der Waals surface area contributed by atoms with Crippen LogP contribution in [-0.4, -0.2) is 21.1 Å². The number of fused-ring (bicyclic) bond motifs is 1. The summed E-state index contributed by atoms with van der Waals surface area (Å²) in [6, 6.07) is 1.90. The van der Waals surface area contributed by atoms with Crippen LogP contribution in [0.25, 0.3) is 17.1 Å². The molecule has 2 aromatic heterocycles. The van der Waals surface area contributed by atoms with Gasteiger partial charge in [-0.2, -0.15) is 5.10 Å². The van der Waals surface area contributed by atoms with Crippen molar-refractivity contribution in [2.24, 2.45) is 7.05 Å². The number of carbonyl (C=O) groups excluding carboxylic acids is 1. The molecule has 0 saturated heterocycles. The molecule has 2 aromatic rings. The van der Waals surface area contributed by atoms with Crippen LogP contribution in [0.5, 0.6) is 0 Å². The molecule has 0 aliphatic rings. The highest BCUT2D eigenvalue weighted by Crippen LogP contribution is 2.24. The minimum atomic E-state index is 0.377. The van der Waals surface area contributed by atoms with Crippen LogP contribution < -0.4 is 0 Å². The summed E-state index contributed by atoms with van der Waals surface area (Å²) >= 11 is 6.07. The minimum Gasteiger partial charge on any atom is -0.298 e. The van der Waals surface area contributed by atoms with Gasteiger partial charge in [0.05, 0.1) is 5.69 Å². The van der Waals surface area contributed by atoms with E-state index in [0.717, 1.165) is 28.6 Å². The van der Waals surface area contributed by atoms with E-state index in [2.05, 4.69) is 10.1 Å². The predicted molar refractivity (Wildman–Crippen MR) is 68.0 cm³/mol. The van der Waals surface area contributed by atoms with Crippen molar-refractivity contribution in [2.75, 3.05) is 0 Å². The zero-order valence-electron chi connectivity index (χ0n) is 9.86. The van der Waals surface area contributed by atoms with E-state index in [-0.39, 0.29) is 0 Å². The van der Waals surface area contributed by atoms with Crippen molar-refractivity contribution >= 4 is 35.0 Å². The normalized spacial score (nSPS) is 12.1. The second kappa shape index (κ2) is 4.30. The molecule has 0 spiro atoms. The molecule has 0 aliphatic carbocycles. The average Bonchev–Trinajstić information content (AvgIpc) is 2.55. The molecule has 5 heteroatoms. The van der Waals surface area contributed by atoms with Gasteiger partial charge in [-0.05, 0) is 31.6 Å². The van der Waals surface area contributed by atoms with Gasteiger partial charge in [0.2, 0.25) is 0 Å². The van der Waals surface area contributed by atoms with Crippen LogP contribution in [0.3, 0.4) is 0 Å². The van der Waals surface area contributed by atoms with E-state index in [1.165, 1.54) is 0 Å². The zero-order valence-corrected chi connectivity index (χ0v) is 10.6. The number of pyridine rings is 1. The summed E-state index contributed by atoms with van der Waals surface area (Å²) in [5.74, 6) is 0. The maximum atomic E-state index is 10.6. The van der Waals surface area contributed by atoms with Crippen LogP contribution in [0.2, 0.25) is 5.15 Å². The molecule has 0 bridgehead atoms. The van der Waals surface area contributed by atoms with Crippen LogP contribution >= 0.6 is 11.6 Å². The topological polar surface area (TPSA) is 47.8 Å². The van der Waals surface area contributed by atoms with Crippen LogP contribution in [0.15, 0.2) is 11.6 Å². The predicted octanol–water partition coefficient (Wildman–Crippen LogP) is 2.53. The molecule has 88 valence electrons. The Hall–Kier alpha value is -1.68. The lowest BCUT2D eigenvalue weighted by Gasteiger charge is -2.00. The monoisotopic (exact) mass is 249 g/mol. The number of aldehydes is 1. The molecule has 0 aliphatic heterocycles. The fourth-order valence-electron chi connectivity index (χ4n) is 1.72. The molecule has 2 heterocycles. The Balaban J connectivity index is 2.70. The Morgan fingerprint density at radius 2 is 2.24 bits per heavy atom. The number of hydrogen-bond acceptors (Lipinski definition) is 3. The van der Waals surface area contributed by atoms with Gasteiger partial charge >= 0.3 is 0 Å². The minimum absolute atomic E-state index is 0.377. The first-order valence-corrected chi connectivity index (χ1v) is 5.54. The quantitative estimate of drug-likeness (QED) is 0.467. The van der Waals surface area contributed by atoms with Crippen LogP contribution in [-0.2, 0) is 11.8 Å². The standard InChI is InChI=1S/C12H12ClN3O/c1-7(6-17)4-9-5-10-8(2)15-16(3)12(10)14-11(9)13/h4-6H,1-3H3. The summed E-state index contributed by atoms with van der Waals surface area (Å²) in [5.41, 5.74) is 2.98. The van der Waals surface area contributed by atoms with Crippen molar-refractivity contribution in [3.8, 4) is 0 Å². The lowest BCUT2D eigenvalue weighted by atomic mass is 10.1. The molecular formula is C12H12ClN3O. The Bertz CT molecular complexity index is 628. The molecule has 0 saturated carbocycles. The highest BCUT2D eigenvalue weighted by molar-refractivity contribution is 6.31. The van der Waals surface area contributed by atoms with Gasteiger partial charge in [0.15, 0.2) is 5.65 Å². The van der Waals surface area contributed by atoms with Gasteiger partial charge in [-0.15, -0.1) is 0 Å². The van der Waals surface area contributed by atoms with E-state index in [4.69, 9.17) is 11.6 Å². The fourth-order valence-corrected chi connectivity index (χ4v) is 1.91. The van der Waals surface area contributed by atoms with Crippen LogP contribution in [0.4, 0.5) is 0 Å². The first-order valence-electron chi connectivity index (χ1n) is 5.16. The maximum Gasteiger partial charge on any atom is 0.159 e. The van der Waals surface area contributed by atoms with Gasteiger partial charge < -0.3 is 0 Å². The summed E-state index contributed by atoms with van der Waals surface area (Å²) in [6.45, 7) is 3.64. The van der Waals surface area contributed by atoms with Crippen LogP contribution in [0.1, 0.15) is 18.2 Å². The van der Waals surface area contributed by atoms with Gasteiger partial charge in [-0.3, -0.25) is 9.48 Å². The highest BCUT2D eigenvalue weighted by atomic mass is 35.5. The van der Waals surface area contributed by atoms with Crippen molar-refractivity contribution < 1.29 is 4.79 Å². The molecule has 0 fully saturated rings. The second-order valence-electron chi connectivity index (χ2n) is 3.95. The van der Waals surface area contributed by atoms with Gasteiger partial charge in [-0.25, -0.2) is 4.98 Å². The summed E-state index contributed by atoms with van der Waals surface area (Å²) < 4.78 is 1.69. The smallest absolute Gasteiger partial charge is 0.159 e. The average molecular weight is 250 g/mol. The third kappa shape index (κ3) is 2.08. The van der Waals surface area contributed by atoms with E-state index < -0.39 is 0 Å². The lowest BCUT2D eigenvalue weighted by Crippen LogP contribution is -1.93. The maximum absolute atomic E-state index is 10.6. The van der Waals surface area contributed by atoms with Gasteiger partial charge in [-0.1, -0.05) is 11.6 Å². The third-order valence-electron chi connectivity index (χ3n) is 2.55. The van der Waals surface area contributed by atoms with E-state index in [1.54, 1.807) is 17.7 Å². The number of nitrogens with zero attached hydrogens (tertiary/aromatic N) is 3. The van der Waals surface area contributed by atoms with Crippen LogP contribution in [0, 0.1) is 6.92 Å². The SMILES string of the molecule is CC(C=O)=Cc1cc2c(C)nn(C)c2nc1Cl. The first kappa shape index (κ1) is 11.8. The Kier molecular flexibility index (Phi) is 2.98. The van der Waals surface area contributed by atoms with Crippen molar-refractivity contribution in [1.82, 2.24) is 14.8 Å². The fraction of sp³-hybridized carbons (Fsp3) is 0.250. The number of hydrogen-bond donors (Lipinski definition) is 0. The molecule has 17 heavy (non-hydrogen) atoms. The lowest BCUT2D eigenvalue weighted by molar-refractivity contribution is -0.104. The Labute approximate surface area is 104 Å². The summed E-state index contributed by atoms with van der Waals surface area (Å²) in [6.07, 6.45) is 2.50. The van der Waals surface area contributed by atoms with E-state index >= 15 is 0 Å². The first-order chi connectivity index (χ1) is 8.02. The zero-order chi connectivity index (χ0) is 12.6. The molecule has 4 nitrogen and oxygen atoms in total. The molecule has 0 amide bonds. The molecule has 0 atom stereocenters. The number of rotatable bonds is 2. The number of allylic oxidation sites excluding steroid dienone is 1. The molecular weight excluding hydrogens is 238 g/mol. The number of aryl methyl sites for hydroxylation is 2. The molecule has 2 rings (SSSR count). The molecule has 0 N–H and O–H groups in total. The number of halogens is 1. The van der Waals surface area contributed by atoms with E-state index in [0.29, 0.717) is 10.7 Å². The Morgan fingerprint density at radius 3 is 2.88 bits per heavy atom. The largest absolute Gasteiger partial charge is 0.298 e. The van der Waals surface area contributed by atoms with Crippen molar-refractivity contribution in [3.63, 3.8) is 0 Å². The number of aromatic nitrogens is 3. The third-order valence-corrected chi connectivity index (χ3v) is 2.85. The molecule has 0 unspecified atom stereocenters. The summed E-state index contributed by atoms with van der Waals surface area (Å²) in [7, 11) is 1.82. The second-order valence-corrected chi connectivity index (χ2v) is 4.31. The molecule has 0 radical (unpaired) electrons. The van der Waals surface area contributed by atoms with Crippen molar-refractivity contribution in [3.05, 3.63) is 28.0 Å². The van der Waals surface area contributed by atoms with Crippen molar-refractivity contribution in [1.29, 1.82) is 0 Å². The van der Waals surface area contributed by atoms with Gasteiger partial charge in [0.1, 0.15) is 11.4 Å². The highest BCUT2D eigenvalue weighted by Gasteiger charge is 2.10. The van der Waals surface area contributed by atoms with E-state index in [1.807, 2.05) is 20.0 Å². The van der Waals surface area contributed by atoms with Gasteiger partial charge in [0.25, 0.3) is 0 Å².